The van der Waals surface area contributed by atoms with Crippen molar-refractivity contribution < 1.29 is 14.3 Å². The lowest BCUT2D eigenvalue weighted by Crippen LogP contribution is -2.28. The van der Waals surface area contributed by atoms with Gasteiger partial charge in [0.25, 0.3) is 0 Å². The van der Waals surface area contributed by atoms with E-state index in [0.29, 0.717) is 31.1 Å². The van der Waals surface area contributed by atoms with Gasteiger partial charge in [-0.1, -0.05) is 19.9 Å². The van der Waals surface area contributed by atoms with Crippen LogP contribution in [0, 0.1) is 5.92 Å². The standard InChI is InChI=1S/C18H30N2O3/c1-12(2)11-23-16-8-7-15(10-17(16)22-5)14(4)20-18(21)9-6-13(3)19/h7-8,10,12-14H,6,9,11,19H2,1-5H3,(H,20,21). The molecule has 1 amide bonds. The van der Waals surface area contributed by atoms with Crippen molar-refractivity contribution in [2.24, 2.45) is 11.7 Å². The van der Waals surface area contributed by atoms with Crippen molar-refractivity contribution in [3.8, 4) is 11.5 Å². The molecule has 0 aliphatic carbocycles. The molecule has 0 aliphatic heterocycles. The molecule has 0 spiro atoms. The molecule has 0 heterocycles. The third-order valence-electron chi connectivity index (χ3n) is 3.46. The fraction of sp³-hybridized carbons (Fsp3) is 0.611. The Balaban J connectivity index is 2.70. The zero-order chi connectivity index (χ0) is 17.4. The number of amides is 1. The van der Waals surface area contributed by atoms with Gasteiger partial charge in [0, 0.05) is 12.5 Å². The fourth-order valence-corrected chi connectivity index (χ4v) is 2.08. The average Bonchev–Trinajstić information content (AvgIpc) is 2.50. The Morgan fingerprint density at radius 3 is 2.48 bits per heavy atom. The number of rotatable bonds is 9. The highest BCUT2D eigenvalue weighted by atomic mass is 16.5. The summed E-state index contributed by atoms with van der Waals surface area (Å²) in [5.74, 6) is 1.86. The van der Waals surface area contributed by atoms with E-state index in [1.54, 1.807) is 7.11 Å². The minimum absolute atomic E-state index is 0.00824. The maximum Gasteiger partial charge on any atom is 0.220 e. The summed E-state index contributed by atoms with van der Waals surface area (Å²) in [6.45, 7) is 8.69. The third-order valence-corrected chi connectivity index (χ3v) is 3.46. The summed E-state index contributed by atoms with van der Waals surface area (Å²) in [7, 11) is 1.62. The van der Waals surface area contributed by atoms with E-state index in [9.17, 15) is 4.79 Å². The lowest BCUT2D eigenvalue weighted by atomic mass is 10.1. The third kappa shape index (κ3) is 6.91. The van der Waals surface area contributed by atoms with Crippen LogP contribution in [0.4, 0.5) is 0 Å². The molecule has 23 heavy (non-hydrogen) atoms. The average molecular weight is 322 g/mol. The Kier molecular flexibility index (Phi) is 7.89. The minimum atomic E-state index is -0.0939. The van der Waals surface area contributed by atoms with Gasteiger partial charge in [-0.05, 0) is 43.9 Å². The Morgan fingerprint density at radius 1 is 1.22 bits per heavy atom. The van der Waals surface area contributed by atoms with Gasteiger partial charge in [-0.15, -0.1) is 0 Å². The fourth-order valence-electron chi connectivity index (χ4n) is 2.08. The number of ether oxygens (including phenoxy) is 2. The molecule has 0 aromatic heterocycles. The number of carbonyl (C=O) groups excluding carboxylic acids is 1. The molecule has 0 fully saturated rings. The number of methoxy groups -OCH3 is 1. The lowest BCUT2D eigenvalue weighted by molar-refractivity contribution is -0.121. The summed E-state index contributed by atoms with van der Waals surface area (Å²) in [6.07, 6.45) is 1.12. The zero-order valence-electron chi connectivity index (χ0n) is 14.9. The van der Waals surface area contributed by atoms with Crippen LogP contribution in [0.25, 0.3) is 0 Å². The van der Waals surface area contributed by atoms with Crippen molar-refractivity contribution in [1.82, 2.24) is 5.32 Å². The maximum absolute atomic E-state index is 11.9. The second-order valence-corrected chi connectivity index (χ2v) is 6.42. The van der Waals surface area contributed by atoms with Crippen molar-refractivity contribution in [2.75, 3.05) is 13.7 Å². The maximum atomic E-state index is 11.9. The molecule has 2 atom stereocenters. The van der Waals surface area contributed by atoms with Gasteiger partial charge in [0.1, 0.15) is 0 Å². The van der Waals surface area contributed by atoms with Gasteiger partial charge < -0.3 is 20.5 Å². The molecule has 1 rings (SSSR count). The predicted octanol–water partition coefficient (Wildman–Crippen LogP) is 3.03. The second-order valence-electron chi connectivity index (χ2n) is 6.42. The number of benzene rings is 1. The van der Waals surface area contributed by atoms with Crippen LogP contribution >= 0.6 is 0 Å². The van der Waals surface area contributed by atoms with E-state index >= 15 is 0 Å². The highest BCUT2D eigenvalue weighted by molar-refractivity contribution is 5.76. The molecule has 130 valence electrons. The number of nitrogens with one attached hydrogen (secondary N) is 1. The predicted molar refractivity (Wildman–Crippen MR) is 92.8 cm³/mol. The molecule has 5 nitrogen and oxygen atoms in total. The first-order valence-electron chi connectivity index (χ1n) is 8.19. The molecule has 5 heteroatoms. The van der Waals surface area contributed by atoms with Gasteiger partial charge in [0.05, 0.1) is 19.8 Å². The molecule has 0 saturated carbocycles. The Morgan fingerprint density at radius 2 is 1.91 bits per heavy atom. The summed E-state index contributed by atoms with van der Waals surface area (Å²) < 4.78 is 11.1. The molecular weight excluding hydrogens is 292 g/mol. The molecule has 0 saturated heterocycles. The molecular formula is C18H30N2O3. The Labute approximate surface area is 139 Å². The largest absolute Gasteiger partial charge is 0.493 e. The first-order valence-corrected chi connectivity index (χ1v) is 8.19. The van der Waals surface area contributed by atoms with E-state index < -0.39 is 0 Å². The van der Waals surface area contributed by atoms with Crippen LogP contribution < -0.4 is 20.5 Å². The quantitative estimate of drug-likeness (QED) is 0.733. The van der Waals surface area contributed by atoms with Gasteiger partial charge >= 0.3 is 0 Å². The first kappa shape index (κ1) is 19.3. The number of hydrogen-bond donors (Lipinski definition) is 2. The van der Waals surface area contributed by atoms with E-state index in [4.69, 9.17) is 15.2 Å². The normalized spacial score (nSPS) is 13.5. The van der Waals surface area contributed by atoms with Crippen molar-refractivity contribution in [3.63, 3.8) is 0 Å². The van der Waals surface area contributed by atoms with Gasteiger partial charge in [-0.2, -0.15) is 0 Å². The Hall–Kier alpha value is -1.75. The highest BCUT2D eigenvalue weighted by Gasteiger charge is 2.13. The summed E-state index contributed by atoms with van der Waals surface area (Å²) in [5, 5.41) is 2.98. The van der Waals surface area contributed by atoms with E-state index in [-0.39, 0.29) is 18.0 Å². The van der Waals surface area contributed by atoms with Crippen LogP contribution in [0.2, 0.25) is 0 Å². The van der Waals surface area contributed by atoms with Crippen LogP contribution in [0.15, 0.2) is 18.2 Å². The highest BCUT2D eigenvalue weighted by Crippen LogP contribution is 2.30. The van der Waals surface area contributed by atoms with E-state index in [2.05, 4.69) is 19.2 Å². The van der Waals surface area contributed by atoms with E-state index in [1.165, 1.54) is 0 Å². The van der Waals surface area contributed by atoms with Crippen molar-refractivity contribution >= 4 is 5.91 Å². The second kappa shape index (κ2) is 9.40. The smallest absolute Gasteiger partial charge is 0.220 e. The molecule has 1 aromatic rings. The number of nitrogens with two attached hydrogens (primary N) is 1. The van der Waals surface area contributed by atoms with Gasteiger partial charge in [-0.3, -0.25) is 4.79 Å². The van der Waals surface area contributed by atoms with Crippen molar-refractivity contribution in [3.05, 3.63) is 23.8 Å². The van der Waals surface area contributed by atoms with Crippen LogP contribution in [-0.4, -0.2) is 25.7 Å². The molecule has 0 aliphatic rings. The summed E-state index contributed by atoms with van der Waals surface area (Å²) in [6, 6.07) is 5.69. The van der Waals surface area contributed by atoms with Gasteiger partial charge in [-0.25, -0.2) is 0 Å². The number of hydrogen-bond acceptors (Lipinski definition) is 4. The summed E-state index contributed by atoms with van der Waals surface area (Å²) in [4.78, 5) is 11.9. The minimum Gasteiger partial charge on any atom is -0.493 e. The van der Waals surface area contributed by atoms with Gasteiger partial charge in [0.2, 0.25) is 5.91 Å². The summed E-state index contributed by atoms with van der Waals surface area (Å²) >= 11 is 0. The molecule has 3 N–H and O–H groups in total. The van der Waals surface area contributed by atoms with Crippen LogP contribution in [0.1, 0.15) is 52.1 Å². The van der Waals surface area contributed by atoms with E-state index in [1.807, 2.05) is 32.0 Å². The summed E-state index contributed by atoms with van der Waals surface area (Å²) in [5.41, 5.74) is 6.66. The molecule has 2 unspecified atom stereocenters. The van der Waals surface area contributed by atoms with Crippen LogP contribution in [-0.2, 0) is 4.79 Å². The zero-order valence-corrected chi connectivity index (χ0v) is 14.9. The molecule has 0 bridgehead atoms. The topological polar surface area (TPSA) is 73.6 Å². The SMILES string of the molecule is COc1cc(C(C)NC(=O)CCC(C)N)ccc1OCC(C)C. The van der Waals surface area contributed by atoms with Gasteiger partial charge in [0.15, 0.2) is 11.5 Å². The van der Waals surface area contributed by atoms with Crippen molar-refractivity contribution in [1.29, 1.82) is 0 Å². The van der Waals surface area contributed by atoms with E-state index in [0.717, 1.165) is 11.3 Å². The van der Waals surface area contributed by atoms with Crippen molar-refractivity contribution in [2.45, 2.75) is 52.6 Å². The first-order chi connectivity index (χ1) is 10.8. The number of carbonyl (C=O) groups is 1. The van der Waals surface area contributed by atoms with Crippen LogP contribution in [0.3, 0.4) is 0 Å². The Bertz CT molecular complexity index is 501. The monoisotopic (exact) mass is 322 g/mol. The molecule has 0 radical (unpaired) electrons. The molecule has 1 aromatic carbocycles. The van der Waals surface area contributed by atoms with Crippen LogP contribution in [0.5, 0.6) is 11.5 Å². The lowest BCUT2D eigenvalue weighted by Gasteiger charge is -2.18.